The summed E-state index contributed by atoms with van der Waals surface area (Å²) in [6, 6.07) is 2.15. The van der Waals surface area contributed by atoms with Crippen LogP contribution in [0.25, 0.3) is 0 Å². The molecule has 0 N–H and O–H groups in total. The maximum Gasteiger partial charge on any atom is 0.239 e. The van der Waals surface area contributed by atoms with Gasteiger partial charge in [-0.05, 0) is 13.0 Å². The lowest BCUT2D eigenvalue weighted by molar-refractivity contribution is 0.121. The van der Waals surface area contributed by atoms with Crippen LogP contribution in [0.5, 0.6) is 0 Å². The zero-order valence-electron chi connectivity index (χ0n) is 6.84. The molecule has 0 aromatic rings. The van der Waals surface area contributed by atoms with Crippen molar-refractivity contribution in [1.29, 1.82) is 5.26 Å². The van der Waals surface area contributed by atoms with E-state index >= 15 is 0 Å². The SMILES string of the molecule is N#CC1CCN(CCC(F)F)C1. The summed E-state index contributed by atoms with van der Waals surface area (Å²) in [5, 5.41) is 8.54. The molecule has 1 rings (SSSR count). The van der Waals surface area contributed by atoms with Gasteiger partial charge in [0.2, 0.25) is 6.43 Å². The summed E-state index contributed by atoms with van der Waals surface area (Å²) in [5.41, 5.74) is 0. The minimum Gasteiger partial charge on any atom is -0.302 e. The van der Waals surface area contributed by atoms with E-state index in [1.165, 1.54) is 0 Å². The van der Waals surface area contributed by atoms with Gasteiger partial charge in [-0.2, -0.15) is 5.26 Å². The first-order valence-electron chi connectivity index (χ1n) is 4.12. The third-order valence-corrected chi connectivity index (χ3v) is 2.12. The van der Waals surface area contributed by atoms with E-state index in [0.717, 1.165) is 13.0 Å². The van der Waals surface area contributed by atoms with Crippen LogP contribution >= 0.6 is 0 Å². The molecule has 0 amide bonds. The molecule has 12 heavy (non-hydrogen) atoms. The molecule has 0 aromatic heterocycles. The van der Waals surface area contributed by atoms with Crippen molar-refractivity contribution < 1.29 is 8.78 Å². The second-order valence-electron chi connectivity index (χ2n) is 3.10. The number of halogens is 2. The van der Waals surface area contributed by atoms with Crippen molar-refractivity contribution in [1.82, 2.24) is 4.90 Å². The van der Waals surface area contributed by atoms with E-state index in [4.69, 9.17) is 5.26 Å². The fraction of sp³-hybridized carbons (Fsp3) is 0.875. The van der Waals surface area contributed by atoms with Gasteiger partial charge in [-0.25, -0.2) is 8.78 Å². The summed E-state index contributed by atoms with van der Waals surface area (Å²) in [5.74, 6) is 0.0580. The third-order valence-electron chi connectivity index (χ3n) is 2.12. The van der Waals surface area contributed by atoms with Crippen LogP contribution in [0.1, 0.15) is 12.8 Å². The molecule has 68 valence electrons. The maximum atomic E-state index is 11.8. The molecule has 0 aromatic carbocycles. The topological polar surface area (TPSA) is 27.0 Å². The van der Waals surface area contributed by atoms with Crippen LogP contribution in [0.3, 0.4) is 0 Å². The van der Waals surface area contributed by atoms with E-state index < -0.39 is 6.43 Å². The van der Waals surface area contributed by atoms with Gasteiger partial charge < -0.3 is 4.90 Å². The van der Waals surface area contributed by atoms with Crippen LogP contribution in [0.15, 0.2) is 0 Å². The number of nitriles is 1. The van der Waals surface area contributed by atoms with Crippen molar-refractivity contribution in [2.45, 2.75) is 19.3 Å². The molecular weight excluding hydrogens is 162 g/mol. The fourth-order valence-corrected chi connectivity index (χ4v) is 1.42. The number of hydrogen-bond donors (Lipinski definition) is 0. The Bertz CT molecular complexity index is 176. The summed E-state index contributed by atoms with van der Waals surface area (Å²) < 4.78 is 23.6. The van der Waals surface area contributed by atoms with Crippen molar-refractivity contribution in [3.8, 4) is 6.07 Å². The Morgan fingerprint density at radius 1 is 1.58 bits per heavy atom. The van der Waals surface area contributed by atoms with Crippen LogP contribution in [0, 0.1) is 17.2 Å². The summed E-state index contributed by atoms with van der Waals surface area (Å²) >= 11 is 0. The van der Waals surface area contributed by atoms with Gasteiger partial charge in [0.05, 0.1) is 12.0 Å². The molecule has 0 bridgehead atoms. The second kappa shape index (κ2) is 4.36. The monoisotopic (exact) mass is 174 g/mol. The van der Waals surface area contributed by atoms with Crippen molar-refractivity contribution in [2.24, 2.45) is 5.92 Å². The van der Waals surface area contributed by atoms with Gasteiger partial charge in [0.1, 0.15) is 0 Å². The lowest BCUT2D eigenvalue weighted by Gasteiger charge is -2.13. The molecular formula is C8H12F2N2. The molecule has 0 radical (unpaired) electrons. The normalized spacial score (nSPS) is 24.7. The zero-order valence-corrected chi connectivity index (χ0v) is 6.84. The second-order valence-corrected chi connectivity index (χ2v) is 3.10. The van der Waals surface area contributed by atoms with E-state index in [9.17, 15) is 8.78 Å². The summed E-state index contributed by atoms with van der Waals surface area (Å²) in [6.45, 7) is 1.89. The Morgan fingerprint density at radius 2 is 2.33 bits per heavy atom. The zero-order chi connectivity index (χ0) is 8.97. The molecule has 2 nitrogen and oxygen atoms in total. The molecule has 4 heteroatoms. The van der Waals surface area contributed by atoms with Crippen molar-refractivity contribution in [2.75, 3.05) is 19.6 Å². The summed E-state index contributed by atoms with van der Waals surface area (Å²) in [4.78, 5) is 1.93. The van der Waals surface area contributed by atoms with Crippen LogP contribution < -0.4 is 0 Å². The minimum atomic E-state index is -2.22. The predicted octanol–water partition coefficient (Wildman–Crippen LogP) is 1.49. The first-order chi connectivity index (χ1) is 5.72. The summed E-state index contributed by atoms with van der Waals surface area (Å²) in [6.07, 6.45) is -1.45. The molecule has 1 heterocycles. The third kappa shape index (κ3) is 2.74. The minimum absolute atomic E-state index is 0.0580. The standard InChI is InChI=1S/C8H12F2N2/c9-8(10)2-4-12-3-1-7(5-11)6-12/h7-8H,1-4,6H2. The van der Waals surface area contributed by atoms with Crippen molar-refractivity contribution in [3.05, 3.63) is 0 Å². The lowest BCUT2D eigenvalue weighted by atomic mass is 10.1. The maximum absolute atomic E-state index is 11.8. The Balaban J connectivity index is 2.16. The van der Waals surface area contributed by atoms with Crippen LogP contribution in [0.4, 0.5) is 8.78 Å². The quantitative estimate of drug-likeness (QED) is 0.648. The van der Waals surface area contributed by atoms with Gasteiger partial charge in [0.15, 0.2) is 0 Å². The smallest absolute Gasteiger partial charge is 0.239 e. The average molecular weight is 174 g/mol. The highest BCUT2D eigenvalue weighted by Gasteiger charge is 2.22. The number of hydrogen-bond acceptors (Lipinski definition) is 2. The van der Waals surface area contributed by atoms with E-state index in [2.05, 4.69) is 6.07 Å². The largest absolute Gasteiger partial charge is 0.302 e. The van der Waals surface area contributed by atoms with E-state index in [0.29, 0.717) is 13.1 Å². The molecule has 1 aliphatic rings. The average Bonchev–Trinajstić information content (AvgIpc) is 2.48. The Hall–Kier alpha value is -0.690. The van der Waals surface area contributed by atoms with E-state index in [-0.39, 0.29) is 12.3 Å². The van der Waals surface area contributed by atoms with Crippen LogP contribution in [0.2, 0.25) is 0 Å². The molecule has 1 atom stereocenters. The number of alkyl halides is 2. The fourth-order valence-electron chi connectivity index (χ4n) is 1.42. The lowest BCUT2D eigenvalue weighted by Crippen LogP contribution is -2.23. The van der Waals surface area contributed by atoms with Crippen LogP contribution in [-0.4, -0.2) is 31.0 Å². The Kier molecular flexibility index (Phi) is 3.42. The molecule has 0 spiro atoms. The van der Waals surface area contributed by atoms with Crippen LogP contribution in [-0.2, 0) is 0 Å². The highest BCUT2D eigenvalue weighted by molar-refractivity contribution is 4.90. The molecule has 1 unspecified atom stereocenters. The van der Waals surface area contributed by atoms with Gasteiger partial charge >= 0.3 is 0 Å². The number of rotatable bonds is 3. The number of likely N-dealkylation sites (tertiary alicyclic amines) is 1. The van der Waals surface area contributed by atoms with E-state index in [1.54, 1.807) is 0 Å². The van der Waals surface area contributed by atoms with Crippen molar-refractivity contribution in [3.63, 3.8) is 0 Å². The van der Waals surface area contributed by atoms with Gasteiger partial charge in [-0.1, -0.05) is 0 Å². The number of nitrogens with zero attached hydrogens (tertiary/aromatic N) is 2. The Morgan fingerprint density at radius 3 is 2.83 bits per heavy atom. The molecule has 1 aliphatic heterocycles. The van der Waals surface area contributed by atoms with Gasteiger partial charge in [-0.3, -0.25) is 0 Å². The van der Waals surface area contributed by atoms with Gasteiger partial charge in [-0.15, -0.1) is 0 Å². The van der Waals surface area contributed by atoms with Gasteiger partial charge in [0.25, 0.3) is 0 Å². The molecule has 0 saturated carbocycles. The molecule has 1 saturated heterocycles. The highest BCUT2D eigenvalue weighted by Crippen LogP contribution is 2.15. The summed E-state index contributed by atoms with van der Waals surface area (Å²) in [7, 11) is 0. The first-order valence-corrected chi connectivity index (χ1v) is 4.12. The van der Waals surface area contributed by atoms with Crippen molar-refractivity contribution >= 4 is 0 Å². The molecule has 1 fully saturated rings. The predicted molar refractivity (Wildman–Crippen MR) is 40.8 cm³/mol. The highest BCUT2D eigenvalue weighted by atomic mass is 19.3. The van der Waals surface area contributed by atoms with E-state index in [1.807, 2.05) is 4.90 Å². The molecule has 0 aliphatic carbocycles. The van der Waals surface area contributed by atoms with Gasteiger partial charge in [0, 0.05) is 19.5 Å². The Labute approximate surface area is 70.8 Å². The first kappa shape index (κ1) is 9.40.